The highest BCUT2D eigenvalue weighted by Crippen LogP contribution is 2.27. The van der Waals surface area contributed by atoms with E-state index in [-0.39, 0.29) is 0 Å². The normalized spacial score (nSPS) is 12.4. The van der Waals surface area contributed by atoms with E-state index in [4.69, 9.17) is 11.6 Å². The Kier molecular flexibility index (Phi) is 6.71. The average molecular weight is 270 g/mol. The Morgan fingerprint density at radius 1 is 1.47 bits per heavy atom. The molecule has 1 rings (SSSR count). The van der Waals surface area contributed by atoms with Gasteiger partial charge in [0, 0.05) is 16.7 Å². The van der Waals surface area contributed by atoms with Crippen LogP contribution in [0, 0.1) is 0 Å². The first kappa shape index (κ1) is 14.6. The van der Waals surface area contributed by atoms with E-state index in [2.05, 4.69) is 24.9 Å². The van der Waals surface area contributed by atoms with Gasteiger partial charge in [0.15, 0.2) is 0 Å². The molecule has 0 aromatic heterocycles. The second-order valence-corrected chi connectivity index (χ2v) is 5.50. The highest BCUT2D eigenvalue weighted by atomic mass is 35.5. The van der Waals surface area contributed by atoms with Gasteiger partial charge in [-0.25, -0.2) is 0 Å². The molecule has 1 N–H and O–H groups in total. The maximum Gasteiger partial charge on any atom is 0.0541 e. The van der Waals surface area contributed by atoms with Crippen LogP contribution in [0.4, 0.5) is 0 Å². The minimum Gasteiger partial charge on any atom is -0.316 e. The molecule has 0 spiro atoms. The van der Waals surface area contributed by atoms with E-state index in [1.807, 2.05) is 25.2 Å². The van der Waals surface area contributed by atoms with Crippen LogP contribution in [0.3, 0.4) is 0 Å². The summed E-state index contributed by atoms with van der Waals surface area (Å²) in [4.78, 5) is 1.15. The lowest BCUT2D eigenvalue weighted by atomic mass is 10.1. The van der Waals surface area contributed by atoms with Gasteiger partial charge in [0.25, 0.3) is 0 Å². The van der Waals surface area contributed by atoms with Gasteiger partial charge in [-0.3, -0.25) is 0 Å². The highest BCUT2D eigenvalue weighted by Gasteiger charge is 2.09. The van der Waals surface area contributed by atoms with Crippen molar-refractivity contribution in [2.45, 2.75) is 30.7 Å². The molecule has 17 heavy (non-hydrogen) atoms. The summed E-state index contributed by atoms with van der Waals surface area (Å²) in [6.07, 6.45) is 2.08. The van der Waals surface area contributed by atoms with E-state index in [9.17, 15) is 0 Å². The van der Waals surface area contributed by atoms with Crippen molar-refractivity contribution in [2.24, 2.45) is 0 Å². The van der Waals surface area contributed by atoms with Gasteiger partial charge in [-0.1, -0.05) is 42.8 Å². The number of hydrogen-bond acceptors (Lipinski definition) is 2. The monoisotopic (exact) mass is 269 g/mol. The molecule has 1 aromatic rings. The quantitative estimate of drug-likeness (QED) is 0.582. The summed E-state index contributed by atoms with van der Waals surface area (Å²) >= 11 is 7.92. The largest absolute Gasteiger partial charge is 0.316 e. The standard InChI is InChI=1S/C14H20ClNS/c1-4-11(2)9-12(16-3)10-17-14-8-6-5-7-13(14)15/h5-8,12,16H,2,4,9-10H2,1,3H3. The molecule has 1 unspecified atom stereocenters. The zero-order valence-electron chi connectivity index (χ0n) is 10.5. The minimum absolute atomic E-state index is 0.462. The van der Waals surface area contributed by atoms with Crippen LogP contribution in [0.25, 0.3) is 0 Å². The summed E-state index contributed by atoms with van der Waals surface area (Å²) < 4.78 is 0. The second-order valence-electron chi connectivity index (χ2n) is 4.03. The molecular formula is C14H20ClNS. The Bertz CT molecular complexity index is 365. The molecule has 0 aliphatic carbocycles. The van der Waals surface area contributed by atoms with Crippen LogP contribution in [0.5, 0.6) is 0 Å². The zero-order valence-corrected chi connectivity index (χ0v) is 12.1. The first-order valence-corrected chi connectivity index (χ1v) is 7.25. The third kappa shape index (κ3) is 5.15. The molecule has 0 saturated carbocycles. The van der Waals surface area contributed by atoms with Crippen LogP contribution in [0.2, 0.25) is 5.02 Å². The van der Waals surface area contributed by atoms with Crippen molar-refractivity contribution >= 4 is 23.4 Å². The van der Waals surface area contributed by atoms with Gasteiger partial charge in [-0.05, 0) is 32.0 Å². The lowest BCUT2D eigenvalue weighted by Crippen LogP contribution is -2.28. The number of thioether (sulfide) groups is 1. The Balaban J connectivity index is 2.48. The van der Waals surface area contributed by atoms with Crippen molar-refractivity contribution < 1.29 is 0 Å². The summed E-state index contributed by atoms with van der Waals surface area (Å²) in [6, 6.07) is 8.44. The van der Waals surface area contributed by atoms with E-state index in [1.54, 1.807) is 11.8 Å². The van der Waals surface area contributed by atoms with Gasteiger partial charge >= 0.3 is 0 Å². The van der Waals surface area contributed by atoms with Crippen LogP contribution >= 0.6 is 23.4 Å². The molecule has 0 fully saturated rings. The first-order chi connectivity index (χ1) is 8.17. The summed E-state index contributed by atoms with van der Waals surface area (Å²) in [7, 11) is 2.00. The van der Waals surface area contributed by atoms with Gasteiger partial charge in [-0.15, -0.1) is 11.8 Å². The van der Waals surface area contributed by atoms with E-state index in [0.717, 1.165) is 28.5 Å². The fourth-order valence-corrected chi connectivity index (χ4v) is 2.83. The summed E-state index contributed by atoms with van der Waals surface area (Å²) in [5.41, 5.74) is 1.30. The summed E-state index contributed by atoms with van der Waals surface area (Å²) in [5, 5.41) is 4.17. The molecule has 0 amide bonds. The predicted molar refractivity (Wildman–Crippen MR) is 79.1 cm³/mol. The topological polar surface area (TPSA) is 12.0 Å². The van der Waals surface area contributed by atoms with Gasteiger partial charge < -0.3 is 5.32 Å². The highest BCUT2D eigenvalue weighted by molar-refractivity contribution is 7.99. The van der Waals surface area contributed by atoms with Crippen LogP contribution in [0.15, 0.2) is 41.3 Å². The van der Waals surface area contributed by atoms with Crippen molar-refractivity contribution in [1.29, 1.82) is 0 Å². The number of rotatable bonds is 7. The predicted octanol–water partition coefficient (Wildman–Crippen LogP) is 4.38. The minimum atomic E-state index is 0.462. The van der Waals surface area contributed by atoms with E-state index >= 15 is 0 Å². The average Bonchev–Trinajstić information content (AvgIpc) is 2.35. The molecule has 0 saturated heterocycles. The maximum atomic E-state index is 6.13. The fraction of sp³-hybridized carbons (Fsp3) is 0.429. The van der Waals surface area contributed by atoms with Crippen molar-refractivity contribution in [3.05, 3.63) is 41.4 Å². The van der Waals surface area contributed by atoms with Crippen LogP contribution < -0.4 is 5.32 Å². The first-order valence-electron chi connectivity index (χ1n) is 5.88. The second kappa shape index (κ2) is 7.80. The molecule has 0 aliphatic heterocycles. The Morgan fingerprint density at radius 3 is 2.76 bits per heavy atom. The SMILES string of the molecule is C=C(CC)CC(CSc1ccccc1Cl)NC. The Hall–Kier alpha value is -0.440. The molecule has 0 radical (unpaired) electrons. The maximum absolute atomic E-state index is 6.13. The molecule has 1 aromatic carbocycles. The molecule has 1 nitrogen and oxygen atoms in total. The van der Waals surface area contributed by atoms with Gasteiger partial charge in [0.1, 0.15) is 0 Å². The third-order valence-corrected chi connectivity index (χ3v) is 4.40. The number of nitrogens with one attached hydrogen (secondary N) is 1. The van der Waals surface area contributed by atoms with Crippen molar-refractivity contribution in [3.63, 3.8) is 0 Å². The third-order valence-electron chi connectivity index (χ3n) is 2.72. The van der Waals surface area contributed by atoms with E-state index in [1.165, 1.54) is 5.57 Å². The smallest absolute Gasteiger partial charge is 0.0541 e. The Morgan fingerprint density at radius 2 is 2.18 bits per heavy atom. The van der Waals surface area contributed by atoms with Crippen LogP contribution in [-0.4, -0.2) is 18.8 Å². The van der Waals surface area contributed by atoms with Crippen LogP contribution in [-0.2, 0) is 0 Å². The molecule has 0 aliphatic rings. The number of halogens is 1. The fourth-order valence-electron chi connectivity index (χ4n) is 1.49. The number of benzene rings is 1. The molecule has 0 heterocycles. The van der Waals surface area contributed by atoms with Gasteiger partial charge in [0.2, 0.25) is 0 Å². The van der Waals surface area contributed by atoms with E-state index in [0.29, 0.717) is 6.04 Å². The van der Waals surface area contributed by atoms with Gasteiger partial charge in [0.05, 0.1) is 5.02 Å². The Labute approximate surface area is 114 Å². The molecule has 94 valence electrons. The van der Waals surface area contributed by atoms with E-state index < -0.39 is 0 Å². The number of hydrogen-bond donors (Lipinski definition) is 1. The van der Waals surface area contributed by atoms with Crippen molar-refractivity contribution in [1.82, 2.24) is 5.32 Å². The van der Waals surface area contributed by atoms with Crippen molar-refractivity contribution in [2.75, 3.05) is 12.8 Å². The molecular weight excluding hydrogens is 250 g/mol. The molecule has 3 heteroatoms. The summed E-state index contributed by atoms with van der Waals surface area (Å²) in [5.74, 6) is 1.01. The van der Waals surface area contributed by atoms with Crippen molar-refractivity contribution in [3.8, 4) is 0 Å². The lowest BCUT2D eigenvalue weighted by molar-refractivity contribution is 0.607. The summed E-state index contributed by atoms with van der Waals surface area (Å²) in [6.45, 7) is 6.21. The van der Waals surface area contributed by atoms with Gasteiger partial charge in [-0.2, -0.15) is 0 Å². The molecule has 1 atom stereocenters. The lowest BCUT2D eigenvalue weighted by Gasteiger charge is -2.17. The van der Waals surface area contributed by atoms with Crippen LogP contribution in [0.1, 0.15) is 19.8 Å². The zero-order chi connectivity index (χ0) is 12.7. The molecule has 0 bridgehead atoms.